The highest BCUT2D eigenvalue weighted by atomic mass is 16.5. The van der Waals surface area contributed by atoms with Gasteiger partial charge in [-0.1, -0.05) is 67.5 Å². The van der Waals surface area contributed by atoms with Crippen molar-refractivity contribution in [1.29, 1.82) is 0 Å². The maximum atomic E-state index is 11.9. The van der Waals surface area contributed by atoms with Gasteiger partial charge in [-0.3, -0.25) is 4.79 Å². The number of allylic oxidation sites excluding steroid dienone is 1. The molecule has 0 heterocycles. The van der Waals surface area contributed by atoms with Crippen molar-refractivity contribution >= 4 is 5.97 Å². The summed E-state index contributed by atoms with van der Waals surface area (Å²) in [6.45, 7) is 28.4. The Morgan fingerprint density at radius 1 is 0.842 bits per heavy atom. The van der Waals surface area contributed by atoms with E-state index >= 15 is 0 Å². The lowest BCUT2D eigenvalue weighted by Gasteiger charge is -2.63. The molecule has 5 saturated carbocycles. The smallest absolute Gasteiger partial charge is 0.302 e. The van der Waals surface area contributed by atoms with Crippen molar-refractivity contribution in [2.45, 2.75) is 140 Å². The molecular weight excluding hydrogens is 464 g/mol. The van der Waals surface area contributed by atoms with Crippen molar-refractivity contribution in [3.8, 4) is 0 Å². The largest absolute Gasteiger partial charge is 0.462 e. The van der Waals surface area contributed by atoms with Gasteiger partial charge in [0.15, 0.2) is 0 Å². The molecule has 2 nitrogen and oxygen atoms in total. The third-order valence-electron chi connectivity index (χ3n) is 15.0. The molecule has 5 aliphatic carbocycles. The Hall–Kier alpha value is -0.790. The predicted molar refractivity (Wildman–Crippen MR) is 159 cm³/mol. The van der Waals surface area contributed by atoms with E-state index in [2.05, 4.69) is 68.9 Å². The van der Waals surface area contributed by atoms with E-state index in [-0.39, 0.29) is 17.5 Å². The second-order valence-corrected chi connectivity index (χ2v) is 16.9. The van der Waals surface area contributed by atoms with E-state index < -0.39 is 0 Å². The van der Waals surface area contributed by atoms with Gasteiger partial charge in [-0.15, -0.1) is 0 Å². The Balaban J connectivity index is 1.38. The summed E-state index contributed by atoms with van der Waals surface area (Å²) in [4.78, 5) is 11.9. The average molecular weight is 525 g/mol. The van der Waals surface area contributed by atoms with E-state index in [4.69, 9.17) is 4.74 Å². The standard InChI is InChI=1S/C36H60O2/c1-22(2)25(6)27(23(3)4)20-24(5)28-14-16-34(11)30-13-12-29-32(8,9)31(38-26(7)37)15-17-35(29)21-36(30,35)19-18-33(28,34)10/h23-25,27-31H,1,12-21H2,2-11H3/t24-,25-,27?,28-,29?,30?,31+,33-,34+,35-,36+/m1/s1. The number of carbonyl (C=O) groups is 1. The first-order valence-corrected chi connectivity index (χ1v) is 16.4. The fraction of sp³-hybridized carbons (Fsp3) is 0.917. The molecule has 5 fully saturated rings. The summed E-state index contributed by atoms with van der Waals surface area (Å²) in [5.41, 5.74) is 3.48. The molecule has 216 valence electrons. The highest BCUT2D eigenvalue weighted by molar-refractivity contribution is 5.66. The van der Waals surface area contributed by atoms with Gasteiger partial charge in [0.25, 0.3) is 0 Å². The molecule has 11 atom stereocenters. The van der Waals surface area contributed by atoms with Crippen LogP contribution in [-0.4, -0.2) is 12.1 Å². The van der Waals surface area contributed by atoms with Crippen LogP contribution in [0, 0.1) is 68.5 Å². The molecule has 5 aliphatic rings. The summed E-state index contributed by atoms with van der Waals surface area (Å²) in [6, 6.07) is 0. The van der Waals surface area contributed by atoms with Gasteiger partial charge in [-0.2, -0.15) is 0 Å². The molecule has 0 radical (unpaired) electrons. The minimum Gasteiger partial charge on any atom is -0.462 e. The molecule has 0 aliphatic heterocycles. The number of fused-ring (bicyclic) bond motifs is 2. The summed E-state index contributed by atoms with van der Waals surface area (Å²) in [6.07, 6.45) is 13.8. The maximum absolute atomic E-state index is 11.9. The molecule has 2 heteroatoms. The molecule has 0 N–H and O–H groups in total. The first-order chi connectivity index (χ1) is 17.6. The van der Waals surface area contributed by atoms with Gasteiger partial charge < -0.3 is 4.74 Å². The summed E-state index contributed by atoms with van der Waals surface area (Å²) < 4.78 is 5.93. The summed E-state index contributed by atoms with van der Waals surface area (Å²) >= 11 is 0. The summed E-state index contributed by atoms with van der Waals surface area (Å²) in [5, 5.41) is 0. The van der Waals surface area contributed by atoms with Crippen molar-refractivity contribution in [3.05, 3.63) is 12.2 Å². The van der Waals surface area contributed by atoms with Crippen molar-refractivity contribution < 1.29 is 9.53 Å². The van der Waals surface area contributed by atoms with Crippen LogP contribution in [0.15, 0.2) is 12.2 Å². The fourth-order valence-corrected chi connectivity index (χ4v) is 12.7. The van der Waals surface area contributed by atoms with Gasteiger partial charge >= 0.3 is 5.97 Å². The lowest BCUT2D eigenvalue weighted by atomic mass is 9.41. The third-order valence-corrected chi connectivity index (χ3v) is 15.0. The Labute approximate surface area is 235 Å². The van der Waals surface area contributed by atoms with E-state index in [1.807, 2.05) is 0 Å². The molecule has 0 bridgehead atoms. The van der Waals surface area contributed by atoms with Gasteiger partial charge in [-0.25, -0.2) is 0 Å². The molecule has 0 saturated heterocycles. The van der Waals surface area contributed by atoms with E-state index in [1.54, 1.807) is 6.92 Å². The third kappa shape index (κ3) is 3.72. The SMILES string of the molecule is C=C(C)[C@@H](C)C(C[C@@H](C)[C@H]1CC[C@@]2(C)C3CCC4C(C)(C)[C@@H](OC(C)=O)CC[C@@]45C[C@@]35CC[C@]12C)C(C)C. The lowest BCUT2D eigenvalue weighted by molar-refractivity contribution is -0.181. The van der Waals surface area contributed by atoms with Gasteiger partial charge in [-0.05, 0) is 134 Å². The molecule has 0 aromatic rings. The molecular formula is C36H60O2. The minimum absolute atomic E-state index is 0.0948. The highest BCUT2D eigenvalue weighted by Crippen LogP contribution is 2.89. The maximum Gasteiger partial charge on any atom is 0.302 e. The van der Waals surface area contributed by atoms with Crippen LogP contribution in [0.4, 0.5) is 0 Å². The molecule has 0 aromatic heterocycles. The zero-order chi connectivity index (χ0) is 28.1. The monoisotopic (exact) mass is 524 g/mol. The Morgan fingerprint density at radius 3 is 2.08 bits per heavy atom. The van der Waals surface area contributed by atoms with Crippen LogP contribution in [0.5, 0.6) is 0 Å². The van der Waals surface area contributed by atoms with Gasteiger partial charge in [0.1, 0.15) is 6.10 Å². The van der Waals surface area contributed by atoms with Crippen LogP contribution in [0.3, 0.4) is 0 Å². The number of esters is 1. The second-order valence-electron chi connectivity index (χ2n) is 16.9. The van der Waals surface area contributed by atoms with E-state index in [9.17, 15) is 4.79 Å². The zero-order valence-electron chi connectivity index (χ0n) is 26.7. The van der Waals surface area contributed by atoms with Gasteiger partial charge in [0.2, 0.25) is 0 Å². The lowest BCUT2D eigenvalue weighted by Crippen LogP contribution is -2.58. The van der Waals surface area contributed by atoms with Crippen LogP contribution in [0.2, 0.25) is 0 Å². The number of carbonyl (C=O) groups excluding carboxylic acids is 1. The zero-order valence-corrected chi connectivity index (χ0v) is 26.7. The first kappa shape index (κ1) is 28.7. The Bertz CT molecular complexity index is 962. The number of hydrogen-bond donors (Lipinski definition) is 0. The van der Waals surface area contributed by atoms with Crippen molar-refractivity contribution in [1.82, 2.24) is 0 Å². The fourth-order valence-electron chi connectivity index (χ4n) is 12.7. The molecule has 2 spiro atoms. The second kappa shape index (κ2) is 9.11. The van der Waals surface area contributed by atoms with Gasteiger partial charge in [0.05, 0.1) is 0 Å². The van der Waals surface area contributed by atoms with Gasteiger partial charge in [0, 0.05) is 12.3 Å². The Kier molecular flexibility index (Phi) is 6.88. The van der Waals surface area contributed by atoms with Crippen molar-refractivity contribution in [2.24, 2.45) is 68.5 Å². The van der Waals surface area contributed by atoms with Crippen LogP contribution >= 0.6 is 0 Å². The summed E-state index contributed by atoms with van der Waals surface area (Å²) in [7, 11) is 0. The molecule has 0 amide bonds. The van der Waals surface area contributed by atoms with E-state index in [0.29, 0.717) is 39.4 Å². The predicted octanol–water partition coefficient (Wildman–Crippen LogP) is 9.87. The molecule has 0 aromatic carbocycles. The molecule has 5 rings (SSSR count). The number of rotatable bonds is 7. The highest BCUT2D eigenvalue weighted by Gasteiger charge is 2.82. The average Bonchev–Trinajstić information content (AvgIpc) is 3.40. The van der Waals surface area contributed by atoms with Crippen LogP contribution in [0.25, 0.3) is 0 Å². The number of hydrogen-bond acceptors (Lipinski definition) is 2. The van der Waals surface area contributed by atoms with E-state index in [0.717, 1.165) is 30.1 Å². The van der Waals surface area contributed by atoms with Crippen LogP contribution in [-0.2, 0) is 9.53 Å². The first-order valence-electron chi connectivity index (χ1n) is 16.4. The van der Waals surface area contributed by atoms with Crippen molar-refractivity contribution in [2.75, 3.05) is 0 Å². The molecule has 3 unspecified atom stereocenters. The van der Waals surface area contributed by atoms with E-state index in [1.165, 1.54) is 63.4 Å². The topological polar surface area (TPSA) is 26.3 Å². The summed E-state index contributed by atoms with van der Waals surface area (Å²) in [5.74, 6) is 5.21. The van der Waals surface area contributed by atoms with Crippen LogP contribution in [0.1, 0.15) is 133 Å². The number of ether oxygens (including phenoxy) is 1. The normalized spacial score (nSPS) is 47.1. The quantitative estimate of drug-likeness (QED) is 0.245. The van der Waals surface area contributed by atoms with Crippen molar-refractivity contribution in [3.63, 3.8) is 0 Å². The minimum atomic E-state index is -0.0948. The Morgan fingerprint density at radius 2 is 1.47 bits per heavy atom. The van der Waals surface area contributed by atoms with Crippen LogP contribution < -0.4 is 0 Å². The molecule has 38 heavy (non-hydrogen) atoms.